The Morgan fingerprint density at radius 3 is 2.58 bits per heavy atom. The summed E-state index contributed by atoms with van der Waals surface area (Å²) in [5, 5.41) is 5.26. The van der Waals surface area contributed by atoms with Gasteiger partial charge < -0.3 is 9.80 Å². The van der Waals surface area contributed by atoms with E-state index in [2.05, 4.69) is 15.3 Å². The minimum absolute atomic E-state index is 0.0349. The van der Waals surface area contributed by atoms with E-state index in [1.165, 1.54) is 0 Å². The van der Waals surface area contributed by atoms with Gasteiger partial charge in [-0.1, -0.05) is 36.4 Å². The molecule has 3 aromatic rings. The minimum Gasteiger partial charge on any atom is -0.340 e. The fraction of sp³-hybridized carbons (Fsp3) is 0.423. The van der Waals surface area contributed by atoms with E-state index >= 15 is 0 Å². The number of piperazine rings is 1. The highest BCUT2D eigenvalue weighted by Crippen LogP contribution is 2.25. The normalized spacial score (nSPS) is 19.7. The van der Waals surface area contributed by atoms with Crippen molar-refractivity contribution in [1.29, 1.82) is 0 Å². The first kappa shape index (κ1) is 22.0. The Labute approximate surface area is 198 Å². The van der Waals surface area contributed by atoms with Crippen molar-refractivity contribution in [2.45, 2.75) is 26.3 Å². The van der Waals surface area contributed by atoms with Crippen molar-refractivity contribution in [2.24, 2.45) is 5.92 Å². The smallest absolute Gasteiger partial charge is 0.254 e. The number of carbonyl (C=O) groups is 2. The molecule has 33 heavy (non-hydrogen) atoms. The summed E-state index contributed by atoms with van der Waals surface area (Å²) in [6.45, 7) is 7.34. The van der Waals surface area contributed by atoms with Crippen molar-refractivity contribution < 1.29 is 9.59 Å². The Bertz CT molecular complexity index is 1150. The molecule has 3 heterocycles. The highest BCUT2D eigenvalue weighted by molar-refractivity contribution is 7.09. The van der Waals surface area contributed by atoms with Crippen LogP contribution in [0.25, 0.3) is 10.8 Å². The molecule has 1 aromatic heterocycles. The van der Waals surface area contributed by atoms with Gasteiger partial charge in [-0.15, -0.1) is 11.3 Å². The fourth-order valence-corrected chi connectivity index (χ4v) is 5.64. The monoisotopic (exact) mass is 462 g/mol. The van der Waals surface area contributed by atoms with Gasteiger partial charge in [-0.2, -0.15) is 0 Å². The topological polar surface area (TPSA) is 56.8 Å². The number of aryl methyl sites for hydroxylation is 1. The molecule has 1 atom stereocenters. The summed E-state index contributed by atoms with van der Waals surface area (Å²) in [5.74, 6) is 0.132. The van der Waals surface area contributed by atoms with Crippen LogP contribution >= 0.6 is 11.3 Å². The summed E-state index contributed by atoms with van der Waals surface area (Å²) in [6, 6.07) is 13.9. The van der Waals surface area contributed by atoms with Crippen LogP contribution in [0.2, 0.25) is 0 Å². The molecule has 7 heteroatoms. The Kier molecular flexibility index (Phi) is 6.42. The maximum Gasteiger partial charge on any atom is 0.254 e. The second kappa shape index (κ2) is 9.61. The zero-order valence-electron chi connectivity index (χ0n) is 19.1. The van der Waals surface area contributed by atoms with E-state index in [4.69, 9.17) is 0 Å². The number of rotatable bonds is 4. The summed E-state index contributed by atoms with van der Waals surface area (Å²) in [7, 11) is 0. The van der Waals surface area contributed by atoms with Crippen LogP contribution in [0.15, 0.2) is 47.8 Å². The van der Waals surface area contributed by atoms with Gasteiger partial charge in [0.1, 0.15) is 0 Å². The lowest BCUT2D eigenvalue weighted by Gasteiger charge is -2.39. The Balaban J connectivity index is 1.20. The van der Waals surface area contributed by atoms with Gasteiger partial charge in [0.2, 0.25) is 5.91 Å². The van der Waals surface area contributed by atoms with Gasteiger partial charge >= 0.3 is 0 Å². The van der Waals surface area contributed by atoms with Crippen molar-refractivity contribution >= 4 is 33.9 Å². The lowest BCUT2D eigenvalue weighted by Crippen LogP contribution is -2.52. The zero-order chi connectivity index (χ0) is 22.8. The number of fused-ring (bicyclic) bond motifs is 1. The Morgan fingerprint density at radius 2 is 1.79 bits per heavy atom. The molecule has 2 amide bonds. The van der Waals surface area contributed by atoms with E-state index in [1.807, 2.05) is 59.2 Å². The van der Waals surface area contributed by atoms with E-state index < -0.39 is 0 Å². The van der Waals surface area contributed by atoms with Crippen LogP contribution in [-0.2, 0) is 11.3 Å². The van der Waals surface area contributed by atoms with Gasteiger partial charge in [0.15, 0.2) is 0 Å². The van der Waals surface area contributed by atoms with Crippen molar-refractivity contribution in [3.63, 3.8) is 0 Å². The molecule has 2 aromatic carbocycles. The highest BCUT2D eigenvalue weighted by Gasteiger charge is 2.33. The van der Waals surface area contributed by atoms with Crippen LogP contribution in [0.3, 0.4) is 0 Å². The third-order valence-corrected chi connectivity index (χ3v) is 7.64. The molecule has 1 unspecified atom stereocenters. The SMILES string of the molecule is Cc1nc(CN2CCN(C(=O)C3CCCN(C(=O)c4cccc5ccccc45)C3)CC2)cs1. The number of amides is 2. The maximum absolute atomic E-state index is 13.4. The molecule has 0 radical (unpaired) electrons. The average Bonchev–Trinajstić information content (AvgIpc) is 3.27. The van der Waals surface area contributed by atoms with Gasteiger partial charge in [-0.25, -0.2) is 4.98 Å². The molecule has 0 bridgehead atoms. The summed E-state index contributed by atoms with van der Waals surface area (Å²) >= 11 is 1.68. The van der Waals surface area contributed by atoms with E-state index in [0.29, 0.717) is 13.1 Å². The quantitative estimate of drug-likeness (QED) is 0.592. The van der Waals surface area contributed by atoms with Crippen molar-refractivity contribution in [3.05, 3.63) is 64.1 Å². The number of likely N-dealkylation sites (tertiary alicyclic amines) is 1. The van der Waals surface area contributed by atoms with Crippen molar-refractivity contribution in [2.75, 3.05) is 39.3 Å². The number of hydrogen-bond donors (Lipinski definition) is 0. The molecular formula is C26H30N4O2S. The molecule has 0 aliphatic carbocycles. The number of aromatic nitrogens is 1. The largest absolute Gasteiger partial charge is 0.340 e. The van der Waals surface area contributed by atoms with E-state index in [1.54, 1.807) is 11.3 Å². The van der Waals surface area contributed by atoms with Gasteiger partial charge in [0, 0.05) is 56.8 Å². The number of nitrogens with zero attached hydrogens (tertiary/aromatic N) is 4. The van der Waals surface area contributed by atoms with Crippen molar-refractivity contribution in [1.82, 2.24) is 19.7 Å². The summed E-state index contributed by atoms with van der Waals surface area (Å²) < 4.78 is 0. The first-order chi connectivity index (χ1) is 16.1. The number of hydrogen-bond acceptors (Lipinski definition) is 5. The maximum atomic E-state index is 13.4. The van der Waals surface area contributed by atoms with E-state index in [0.717, 1.165) is 72.6 Å². The van der Waals surface area contributed by atoms with Gasteiger partial charge in [-0.05, 0) is 36.6 Å². The van der Waals surface area contributed by atoms with Gasteiger partial charge in [-0.3, -0.25) is 14.5 Å². The lowest BCUT2D eigenvalue weighted by molar-refractivity contribution is -0.138. The van der Waals surface area contributed by atoms with Crippen molar-refractivity contribution in [3.8, 4) is 0 Å². The van der Waals surface area contributed by atoms with Gasteiger partial charge in [0.05, 0.1) is 16.6 Å². The molecule has 0 spiro atoms. The predicted molar refractivity (Wildman–Crippen MR) is 131 cm³/mol. The third kappa shape index (κ3) is 4.80. The third-order valence-electron chi connectivity index (χ3n) is 6.81. The number of piperidine rings is 1. The Morgan fingerprint density at radius 1 is 1.00 bits per heavy atom. The number of thiazole rings is 1. The molecule has 172 valence electrons. The van der Waals surface area contributed by atoms with Crippen LogP contribution in [0, 0.1) is 12.8 Å². The van der Waals surface area contributed by atoms with E-state index in [-0.39, 0.29) is 17.7 Å². The second-order valence-corrected chi connectivity index (χ2v) is 10.1. The van der Waals surface area contributed by atoms with Crippen LogP contribution in [0.1, 0.15) is 33.9 Å². The Hall–Kier alpha value is -2.77. The average molecular weight is 463 g/mol. The number of benzene rings is 2. The lowest BCUT2D eigenvalue weighted by atomic mass is 9.95. The summed E-state index contributed by atoms with van der Waals surface area (Å²) in [6.07, 6.45) is 1.73. The molecule has 6 nitrogen and oxygen atoms in total. The summed E-state index contributed by atoms with van der Waals surface area (Å²) in [5.41, 5.74) is 1.85. The van der Waals surface area contributed by atoms with Crippen LogP contribution in [-0.4, -0.2) is 70.8 Å². The number of carbonyl (C=O) groups excluding carboxylic acids is 2. The molecule has 2 aliphatic heterocycles. The molecule has 2 saturated heterocycles. The van der Waals surface area contributed by atoms with Crippen LogP contribution in [0.4, 0.5) is 0 Å². The van der Waals surface area contributed by atoms with Crippen LogP contribution < -0.4 is 0 Å². The molecule has 2 aliphatic rings. The molecule has 2 fully saturated rings. The molecule has 0 saturated carbocycles. The van der Waals surface area contributed by atoms with Gasteiger partial charge in [0.25, 0.3) is 5.91 Å². The predicted octanol–water partition coefficient (Wildman–Crippen LogP) is 3.80. The summed E-state index contributed by atoms with van der Waals surface area (Å²) in [4.78, 5) is 37.5. The minimum atomic E-state index is -0.106. The first-order valence-electron chi connectivity index (χ1n) is 11.8. The molecular weight excluding hydrogens is 432 g/mol. The second-order valence-electron chi connectivity index (χ2n) is 9.08. The highest BCUT2D eigenvalue weighted by atomic mass is 32.1. The van der Waals surface area contributed by atoms with Crippen LogP contribution in [0.5, 0.6) is 0 Å². The molecule has 5 rings (SSSR count). The first-order valence-corrected chi connectivity index (χ1v) is 12.7. The standard InChI is InChI=1S/C26H30N4O2S/c1-19-27-22(18-33-19)17-28-12-14-29(15-13-28)25(31)21-8-5-11-30(16-21)26(32)24-10-4-7-20-6-2-3-9-23(20)24/h2-4,6-7,9-10,18,21H,5,8,11-17H2,1H3. The van der Waals surface area contributed by atoms with E-state index in [9.17, 15) is 9.59 Å². The molecule has 0 N–H and O–H groups in total. The zero-order valence-corrected chi connectivity index (χ0v) is 19.9. The fourth-order valence-electron chi connectivity index (χ4n) is 5.04.